The van der Waals surface area contributed by atoms with E-state index in [1.807, 2.05) is 14.0 Å². The van der Waals surface area contributed by atoms with Crippen LogP contribution < -0.4 is 0 Å². The maximum Gasteiger partial charge on any atom is 0.0946 e. The van der Waals surface area contributed by atoms with E-state index in [1.165, 1.54) is 12.8 Å². The van der Waals surface area contributed by atoms with E-state index in [1.54, 1.807) is 0 Å². The minimum atomic E-state index is 0.0457. The zero-order chi connectivity index (χ0) is 9.56. The molecule has 0 aromatic carbocycles. The van der Waals surface area contributed by atoms with Gasteiger partial charge in [-0.15, -0.1) is 0 Å². The number of hydrogen-bond acceptors (Lipinski definition) is 2. The highest BCUT2D eigenvalue weighted by atomic mass is 15.1. The fraction of sp³-hybridized carbons (Fsp3) is 0.900. The highest BCUT2D eigenvalue weighted by Crippen LogP contribution is 2.07. The van der Waals surface area contributed by atoms with Crippen molar-refractivity contribution in [1.82, 2.24) is 4.90 Å². The molecule has 0 amide bonds. The lowest BCUT2D eigenvalue weighted by Crippen LogP contribution is -2.31. The van der Waals surface area contributed by atoms with E-state index in [-0.39, 0.29) is 6.04 Å². The molecule has 0 aliphatic rings. The van der Waals surface area contributed by atoms with Crippen molar-refractivity contribution < 1.29 is 0 Å². The molecule has 2 heteroatoms. The number of nitriles is 1. The monoisotopic (exact) mass is 168 g/mol. The fourth-order valence-corrected chi connectivity index (χ4v) is 1.33. The van der Waals surface area contributed by atoms with Gasteiger partial charge in [-0.3, -0.25) is 4.90 Å². The number of nitrogens with zero attached hydrogens (tertiary/aromatic N) is 2. The molecule has 0 bridgehead atoms. The van der Waals surface area contributed by atoms with E-state index < -0.39 is 0 Å². The molecule has 0 aromatic rings. The van der Waals surface area contributed by atoms with Crippen molar-refractivity contribution in [2.24, 2.45) is 5.92 Å². The standard InChI is InChI=1S/C10H20N2/c1-5-6-9(2)8-12(4)10(3)7-11/h9-10H,5-6,8H2,1-4H3. The molecule has 0 fully saturated rings. The third-order valence-corrected chi connectivity index (χ3v) is 2.23. The molecular formula is C10H20N2. The van der Waals surface area contributed by atoms with Crippen LogP contribution in [0.5, 0.6) is 0 Å². The van der Waals surface area contributed by atoms with Gasteiger partial charge in [-0.25, -0.2) is 0 Å². The Morgan fingerprint density at radius 3 is 2.42 bits per heavy atom. The zero-order valence-electron chi connectivity index (χ0n) is 8.67. The van der Waals surface area contributed by atoms with Crippen LogP contribution in [0.4, 0.5) is 0 Å². The Morgan fingerprint density at radius 1 is 1.42 bits per heavy atom. The zero-order valence-corrected chi connectivity index (χ0v) is 8.67. The third kappa shape index (κ3) is 4.35. The lowest BCUT2D eigenvalue weighted by Gasteiger charge is -2.22. The van der Waals surface area contributed by atoms with Crippen LogP contribution in [0.1, 0.15) is 33.6 Å². The predicted octanol–water partition coefficient (Wildman–Crippen LogP) is 2.27. The van der Waals surface area contributed by atoms with Crippen LogP contribution in [0.3, 0.4) is 0 Å². The van der Waals surface area contributed by atoms with Gasteiger partial charge in [0.2, 0.25) is 0 Å². The summed E-state index contributed by atoms with van der Waals surface area (Å²) in [6, 6.07) is 2.28. The molecule has 0 saturated heterocycles. The summed E-state index contributed by atoms with van der Waals surface area (Å²) in [5.74, 6) is 0.704. The van der Waals surface area contributed by atoms with Crippen molar-refractivity contribution in [2.75, 3.05) is 13.6 Å². The molecule has 0 saturated carbocycles. The molecule has 70 valence electrons. The van der Waals surface area contributed by atoms with Gasteiger partial charge in [0.05, 0.1) is 12.1 Å². The smallest absolute Gasteiger partial charge is 0.0946 e. The van der Waals surface area contributed by atoms with Gasteiger partial charge in [0.15, 0.2) is 0 Å². The van der Waals surface area contributed by atoms with E-state index in [2.05, 4.69) is 24.8 Å². The molecule has 0 aromatic heterocycles. The molecule has 0 N–H and O–H groups in total. The molecule has 0 radical (unpaired) electrons. The summed E-state index contributed by atoms with van der Waals surface area (Å²) in [5, 5.41) is 8.66. The minimum absolute atomic E-state index is 0.0457. The van der Waals surface area contributed by atoms with Gasteiger partial charge >= 0.3 is 0 Å². The molecule has 0 spiro atoms. The molecule has 0 aliphatic heterocycles. The van der Waals surface area contributed by atoms with Crippen LogP contribution in [0, 0.1) is 17.2 Å². The van der Waals surface area contributed by atoms with E-state index in [4.69, 9.17) is 5.26 Å². The normalized spacial score (nSPS) is 15.7. The van der Waals surface area contributed by atoms with E-state index >= 15 is 0 Å². The maximum atomic E-state index is 8.66. The van der Waals surface area contributed by atoms with Gasteiger partial charge in [0.1, 0.15) is 0 Å². The second kappa shape index (κ2) is 6.02. The first-order valence-electron chi connectivity index (χ1n) is 4.71. The third-order valence-electron chi connectivity index (χ3n) is 2.23. The minimum Gasteiger partial charge on any atom is -0.291 e. The summed E-state index contributed by atoms with van der Waals surface area (Å²) in [6.45, 7) is 7.41. The van der Waals surface area contributed by atoms with E-state index in [0.29, 0.717) is 5.92 Å². The largest absolute Gasteiger partial charge is 0.291 e. The van der Waals surface area contributed by atoms with Crippen molar-refractivity contribution in [1.29, 1.82) is 5.26 Å². The average Bonchev–Trinajstić information content (AvgIpc) is 2.03. The summed E-state index contributed by atoms with van der Waals surface area (Å²) in [7, 11) is 2.01. The second-order valence-electron chi connectivity index (χ2n) is 3.64. The Hall–Kier alpha value is -0.550. The van der Waals surface area contributed by atoms with Crippen LogP contribution >= 0.6 is 0 Å². The molecule has 0 heterocycles. The topological polar surface area (TPSA) is 27.0 Å². The first-order valence-corrected chi connectivity index (χ1v) is 4.71. The maximum absolute atomic E-state index is 8.66. The van der Waals surface area contributed by atoms with Gasteiger partial charge < -0.3 is 0 Å². The van der Waals surface area contributed by atoms with Crippen molar-refractivity contribution in [3.05, 3.63) is 0 Å². The first-order chi connectivity index (χ1) is 5.61. The number of rotatable bonds is 5. The summed E-state index contributed by atoms with van der Waals surface area (Å²) in [5.41, 5.74) is 0. The first kappa shape index (κ1) is 11.4. The molecule has 12 heavy (non-hydrogen) atoms. The van der Waals surface area contributed by atoms with Crippen molar-refractivity contribution >= 4 is 0 Å². The average molecular weight is 168 g/mol. The Morgan fingerprint density at radius 2 is 2.00 bits per heavy atom. The Labute approximate surface area is 76.2 Å². The summed E-state index contributed by atoms with van der Waals surface area (Å²) >= 11 is 0. The molecule has 2 atom stereocenters. The van der Waals surface area contributed by atoms with Crippen molar-refractivity contribution in [3.63, 3.8) is 0 Å². The lowest BCUT2D eigenvalue weighted by atomic mass is 10.1. The Kier molecular flexibility index (Phi) is 5.74. The van der Waals surface area contributed by atoms with Gasteiger partial charge in [0.25, 0.3) is 0 Å². The van der Waals surface area contributed by atoms with Crippen LogP contribution in [-0.2, 0) is 0 Å². The Balaban J connectivity index is 3.69. The van der Waals surface area contributed by atoms with Crippen molar-refractivity contribution in [2.45, 2.75) is 39.7 Å². The lowest BCUT2D eigenvalue weighted by molar-refractivity contribution is 0.253. The molecule has 0 rings (SSSR count). The summed E-state index contributed by atoms with van der Waals surface area (Å²) in [6.07, 6.45) is 2.48. The number of hydrogen-bond donors (Lipinski definition) is 0. The van der Waals surface area contributed by atoms with Gasteiger partial charge in [-0.05, 0) is 26.3 Å². The SMILES string of the molecule is CCCC(C)CN(C)C(C)C#N. The van der Waals surface area contributed by atoms with Crippen LogP contribution in [0.2, 0.25) is 0 Å². The van der Waals surface area contributed by atoms with Gasteiger partial charge in [-0.2, -0.15) is 5.26 Å². The molecule has 2 nitrogen and oxygen atoms in total. The fourth-order valence-electron chi connectivity index (χ4n) is 1.33. The molecule has 2 unspecified atom stereocenters. The van der Waals surface area contributed by atoms with Crippen LogP contribution in [0.15, 0.2) is 0 Å². The second-order valence-corrected chi connectivity index (χ2v) is 3.64. The summed E-state index contributed by atoms with van der Waals surface area (Å²) in [4.78, 5) is 2.11. The van der Waals surface area contributed by atoms with Crippen molar-refractivity contribution in [3.8, 4) is 6.07 Å². The highest BCUT2D eigenvalue weighted by molar-refractivity contribution is 4.86. The van der Waals surface area contributed by atoms with Gasteiger partial charge in [0, 0.05) is 6.54 Å². The van der Waals surface area contributed by atoms with Gasteiger partial charge in [-0.1, -0.05) is 20.3 Å². The predicted molar refractivity (Wildman–Crippen MR) is 51.8 cm³/mol. The van der Waals surface area contributed by atoms with E-state index in [9.17, 15) is 0 Å². The van der Waals surface area contributed by atoms with E-state index in [0.717, 1.165) is 6.54 Å². The Bertz CT molecular complexity index is 148. The molecular weight excluding hydrogens is 148 g/mol. The molecule has 0 aliphatic carbocycles. The van der Waals surface area contributed by atoms with Crippen LogP contribution in [0.25, 0.3) is 0 Å². The van der Waals surface area contributed by atoms with Crippen LogP contribution in [-0.4, -0.2) is 24.5 Å². The summed E-state index contributed by atoms with van der Waals surface area (Å²) < 4.78 is 0. The quantitative estimate of drug-likeness (QED) is 0.629. The highest BCUT2D eigenvalue weighted by Gasteiger charge is 2.10.